The van der Waals surface area contributed by atoms with Gasteiger partial charge in [0.15, 0.2) is 0 Å². The molecule has 0 atom stereocenters. The van der Waals surface area contributed by atoms with Crippen LogP contribution in [-0.4, -0.2) is 0 Å². The van der Waals surface area contributed by atoms with Crippen LogP contribution in [0.5, 0.6) is 0 Å². The van der Waals surface area contributed by atoms with Crippen LogP contribution >= 0.6 is 11.8 Å². The molecule has 0 saturated heterocycles. The van der Waals surface area contributed by atoms with Gasteiger partial charge in [0.1, 0.15) is 0 Å². The van der Waals surface area contributed by atoms with E-state index < -0.39 is 0 Å². The molecule has 0 unspecified atom stereocenters. The van der Waals surface area contributed by atoms with E-state index in [9.17, 15) is 0 Å². The maximum Gasteiger partial charge on any atom is -0.0178 e. The topological polar surface area (TPSA) is 0 Å². The Morgan fingerprint density at radius 1 is 1.14 bits per heavy atom. The molecular weight excluding hydrogens is 188 g/mol. The lowest BCUT2D eigenvalue weighted by atomic mass is 10.1. The van der Waals surface area contributed by atoms with E-state index >= 15 is 0 Å². The number of thioether (sulfide) groups is 1. The molecule has 1 heteroatoms. The summed E-state index contributed by atoms with van der Waals surface area (Å²) in [6.07, 6.45) is 6.29. The quantitative estimate of drug-likeness (QED) is 0.396. The molecular formula is C13H20S. The maximum absolute atomic E-state index is 3.99. The Labute approximate surface area is 92.5 Å². The van der Waals surface area contributed by atoms with Crippen LogP contribution in [0.4, 0.5) is 0 Å². The van der Waals surface area contributed by atoms with Crippen LogP contribution in [0.3, 0.4) is 0 Å². The predicted octanol–water partition coefficient (Wildman–Crippen LogP) is 5.07. The Bertz CT molecular complexity index is 236. The van der Waals surface area contributed by atoms with Crippen LogP contribution in [0.1, 0.15) is 32.6 Å². The third-order valence-corrected chi connectivity index (χ3v) is 2.65. The fourth-order valence-electron chi connectivity index (χ4n) is 1.07. The summed E-state index contributed by atoms with van der Waals surface area (Å²) in [5.74, 6) is 0. The highest BCUT2D eigenvalue weighted by Crippen LogP contribution is 2.26. The van der Waals surface area contributed by atoms with Gasteiger partial charge in [-0.3, -0.25) is 0 Å². The van der Waals surface area contributed by atoms with Gasteiger partial charge < -0.3 is 0 Å². The summed E-state index contributed by atoms with van der Waals surface area (Å²) in [5, 5.41) is 0. The molecule has 0 aliphatic carbocycles. The van der Waals surface area contributed by atoms with Crippen molar-refractivity contribution in [1.29, 1.82) is 0 Å². The molecule has 0 fully saturated rings. The van der Waals surface area contributed by atoms with Gasteiger partial charge in [-0.2, -0.15) is 0 Å². The van der Waals surface area contributed by atoms with E-state index in [-0.39, 0.29) is 0 Å². The van der Waals surface area contributed by atoms with E-state index in [4.69, 9.17) is 0 Å². The molecule has 0 aromatic carbocycles. The van der Waals surface area contributed by atoms with Gasteiger partial charge in [-0.15, -0.1) is 11.8 Å². The van der Waals surface area contributed by atoms with Crippen LogP contribution < -0.4 is 0 Å². The van der Waals surface area contributed by atoms with Gasteiger partial charge in [0.25, 0.3) is 0 Å². The van der Waals surface area contributed by atoms with Crippen molar-refractivity contribution in [3.05, 3.63) is 47.8 Å². The summed E-state index contributed by atoms with van der Waals surface area (Å²) >= 11 is 1.69. The van der Waals surface area contributed by atoms with Crippen LogP contribution in [-0.2, 0) is 0 Å². The molecule has 0 rings (SSSR count). The lowest BCUT2D eigenvalue weighted by molar-refractivity contribution is 0.748. The van der Waals surface area contributed by atoms with Crippen LogP contribution in [0, 0.1) is 0 Å². The van der Waals surface area contributed by atoms with Crippen molar-refractivity contribution in [3.8, 4) is 0 Å². The lowest BCUT2D eigenvalue weighted by Crippen LogP contribution is -1.81. The summed E-state index contributed by atoms with van der Waals surface area (Å²) in [5.41, 5.74) is 1.13. The predicted molar refractivity (Wildman–Crippen MR) is 69.4 cm³/mol. The van der Waals surface area contributed by atoms with E-state index in [0.29, 0.717) is 0 Å². The lowest BCUT2D eigenvalue weighted by Gasteiger charge is -2.04. The molecule has 14 heavy (non-hydrogen) atoms. The smallest absolute Gasteiger partial charge is 0.0178 e. The highest BCUT2D eigenvalue weighted by Gasteiger charge is 1.96. The number of unbranched alkanes of at least 4 members (excludes halogenated alkanes) is 1. The first-order valence-electron chi connectivity index (χ1n) is 4.87. The number of hydrogen-bond donors (Lipinski definition) is 0. The second-order valence-corrected chi connectivity index (χ2v) is 4.89. The van der Waals surface area contributed by atoms with E-state index in [1.165, 1.54) is 17.7 Å². The monoisotopic (exact) mass is 208 g/mol. The summed E-state index contributed by atoms with van der Waals surface area (Å²) in [6.45, 7) is 17.4. The van der Waals surface area contributed by atoms with Crippen molar-refractivity contribution in [2.24, 2.45) is 0 Å². The van der Waals surface area contributed by atoms with Gasteiger partial charge in [-0.05, 0) is 42.4 Å². The third kappa shape index (κ3) is 7.93. The molecule has 78 valence electrons. The van der Waals surface area contributed by atoms with E-state index in [0.717, 1.165) is 23.3 Å². The minimum atomic E-state index is 1.05. The Morgan fingerprint density at radius 3 is 2.21 bits per heavy atom. The zero-order valence-electron chi connectivity index (χ0n) is 9.14. The van der Waals surface area contributed by atoms with Crippen LogP contribution in [0.15, 0.2) is 47.8 Å². The second kappa shape index (κ2) is 7.69. The molecule has 0 bridgehead atoms. The van der Waals surface area contributed by atoms with Gasteiger partial charge in [-0.1, -0.05) is 38.0 Å². The number of hydrogen-bond acceptors (Lipinski definition) is 1. The first-order valence-corrected chi connectivity index (χ1v) is 5.69. The van der Waals surface area contributed by atoms with Crippen molar-refractivity contribution in [2.75, 3.05) is 0 Å². The van der Waals surface area contributed by atoms with Gasteiger partial charge in [0, 0.05) is 0 Å². The van der Waals surface area contributed by atoms with Gasteiger partial charge in [0.2, 0.25) is 0 Å². The first kappa shape index (κ1) is 13.3. The summed E-state index contributed by atoms with van der Waals surface area (Å²) < 4.78 is 0. The third-order valence-electron chi connectivity index (χ3n) is 1.81. The Morgan fingerprint density at radius 2 is 1.71 bits per heavy atom. The van der Waals surface area contributed by atoms with Crippen molar-refractivity contribution in [3.63, 3.8) is 0 Å². The Kier molecular flexibility index (Phi) is 7.31. The van der Waals surface area contributed by atoms with Crippen molar-refractivity contribution in [2.45, 2.75) is 32.6 Å². The van der Waals surface area contributed by atoms with Crippen LogP contribution in [0.2, 0.25) is 0 Å². The molecule has 0 nitrogen and oxygen atoms in total. The molecule has 0 spiro atoms. The maximum atomic E-state index is 3.99. The van der Waals surface area contributed by atoms with Crippen LogP contribution in [0.25, 0.3) is 0 Å². The van der Waals surface area contributed by atoms with Gasteiger partial charge in [0.05, 0.1) is 0 Å². The Balaban J connectivity index is 3.45. The minimum absolute atomic E-state index is 1.05. The zero-order valence-corrected chi connectivity index (χ0v) is 9.96. The van der Waals surface area contributed by atoms with Gasteiger partial charge in [-0.25, -0.2) is 0 Å². The second-order valence-electron chi connectivity index (χ2n) is 3.41. The molecule has 0 amide bonds. The van der Waals surface area contributed by atoms with E-state index in [1.807, 2.05) is 13.0 Å². The number of rotatable bonds is 8. The average Bonchev–Trinajstić information content (AvgIpc) is 2.10. The SMILES string of the molecule is C=CC(=C)CCCCC(=C)SC(=C)C. The van der Waals surface area contributed by atoms with Crippen molar-refractivity contribution in [1.82, 2.24) is 0 Å². The highest BCUT2D eigenvalue weighted by atomic mass is 32.2. The van der Waals surface area contributed by atoms with Gasteiger partial charge >= 0.3 is 0 Å². The van der Waals surface area contributed by atoms with Crippen molar-refractivity contribution >= 4 is 11.8 Å². The average molecular weight is 208 g/mol. The largest absolute Gasteiger partial charge is 0.101 e. The standard InChI is InChI=1S/C13H20S/c1-6-12(4)9-7-8-10-13(5)14-11(2)3/h6H,1-2,4-5,7-10H2,3H3. The normalized spacial score (nSPS) is 9.50. The fraction of sp³-hybridized carbons (Fsp3) is 0.385. The highest BCUT2D eigenvalue weighted by molar-refractivity contribution is 8.06. The van der Waals surface area contributed by atoms with E-state index in [2.05, 4.69) is 26.3 Å². The van der Waals surface area contributed by atoms with E-state index in [1.54, 1.807) is 11.8 Å². The summed E-state index contributed by atoms with van der Waals surface area (Å²) in [7, 11) is 0. The zero-order chi connectivity index (χ0) is 11.0. The molecule has 0 aliphatic heterocycles. The molecule has 0 N–H and O–H groups in total. The molecule has 0 saturated carbocycles. The summed E-state index contributed by atoms with van der Waals surface area (Å²) in [4.78, 5) is 2.33. The molecule has 0 aromatic heterocycles. The Hall–Kier alpha value is -0.690. The first-order chi connectivity index (χ1) is 6.56. The fourth-order valence-corrected chi connectivity index (χ4v) is 1.81. The number of allylic oxidation sites excluding steroid dienone is 4. The molecule has 0 radical (unpaired) electrons. The summed E-state index contributed by atoms with van der Waals surface area (Å²) in [6, 6.07) is 0. The molecule has 0 heterocycles. The molecule has 0 aromatic rings. The minimum Gasteiger partial charge on any atom is -0.101 e. The molecule has 0 aliphatic rings. The van der Waals surface area contributed by atoms with Crippen molar-refractivity contribution < 1.29 is 0 Å².